The van der Waals surface area contributed by atoms with E-state index in [0.717, 1.165) is 44.2 Å². The predicted octanol–water partition coefficient (Wildman–Crippen LogP) is 1.08. The Hall–Kier alpha value is -2.47. The van der Waals surface area contributed by atoms with Crippen molar-refractivity contribution in [1.29, 1.82) is 5.41 Å². The van der Waals surface area contributed by atoms with E-state index >= 15 is 0 Å². The maximum atomic E-state index is 7.52. The van der Waals surface area contributed by atoms with E-state index in [2.05, 4.69) is 25.8 Å². The zero-order valence-corrected chi connectivity index (χ0v) is 12.4. The number of anilines is 1. The normalized spacial score (nSPS) is 15.7. The monoisotopic (exact) mass is 296 g/mol. The maximum absolute atomic E-state index is 7.52. The van der Waals surface area contributed by atoms with Gasteiger partial charge in [-0.3, -0.25) is 10.3 Å². The van der Waals surface area contributed by atoms with Gasteiger partial charge in [-0.15, -0.1) is 0 Å². The fourth-order valence-corrected chi connectivity index (χ4v) is 2.66. The summed E-state index contributed by atoms with van der Waals surface area (Å²) in [5.41, 5.74) is 7.53. The number of hydrogen-bond acceptors (Lipinski definition) is 5. The number of nitrogens with zero attached hydrogens (tertiary/aromatic N) is 4. The number of aromatic nitrogens is 2. The molecule has 1 aromatic heterocycles. The number of rotatable bonds is 4. The number of piperazine rings is 1. The summed E-state index contributed by atoms with van der Waals surface area (Å²) in [6, 6.07) is 9.74. The lowest BCUT2D eigenvalue weighted by molar-refractivity contribution is 0.248. The van der Waals surface area contributed by atoms with Crippen molar-refractivity contribution in [2.24, 2.45) is 5.73 Å². The number of amidine groups is 1. The molecule has 2 heterocycles. The van der Waals surface area contributed by atoms with E-state index in [1.165, 1.54) is 5.56 Å². The Kier molecular flexibility index (Phi) is 4.29. The van der Waals surface area contributed by atoms with Crippen molar-refractivity contribution in [2.45, 2.75) is 6.54 Å². The number of nitrogens with one attached hydrogen (secondary N) is 1. The smallest absolute Gasteiger partial charge is 0.225 e. The summed E-state index contributed by atoms with van der Waals surface area (Å²) < 4.78 is 0. The summed E-state index contributed by atoms with van der Waals surface area (Å²) in [5, 5.41) is 7.52. The fourth-order valence-electron chi connectivity index (χ4n) is 2.66. The van der Waals surface area contributed by atoms with E-state index in [9.17, 15) is 0 Å². The molecule has 3 rings (SSSR count). The molecule has 22 heavy (non-hydrogen) atoms. The third-order valence-electron chi connectivity index (χ3n) is 3.85. The van der Waals surface area contributed by atoms with Crippen molar-refractivity contribution >= 4 is 11.8 Å². The van der Waals surface area contributed by atoms with Crippen LogP contribution in [0.3, 0.4) is 0 Å². The van der Waals surface area contributed by atoms with Crippen molar-refractivity contribution in [3.05, 3.63) is 53.9 Å². The van der Waals surface area contributed by atoms with E-state index in [1.54, 1.807) is 12.4 Å². The molecule has 3 N–H and O–H groups in total. The topological polar surface area (TPSA) is 82.1 Å². The lowest BCUT2D eigenvalue weighted by Crippen LogP contribution is -2.46. The molecule has 114 valence electrons. The van der Waals surface area contributed by atoms with Gasteiger partial charge in [0.15, 0.2) is 0 Å². The predicted molar refractivity (Wildman–Crippen MR) is 87.0 cm³/mol. The highest BCUT2D eigenvalue weighted by atomic mass is 15.3. The summed E-state index contributed by atoms with van der Waals surface area (Å²) in [6.45, 7) is 4.68. The molecule has 1 aromatic carbocycles. The highest BCUT2D eigenvalue weighted by molar-refractivity contribution is 5.95. The minimum absolute atomic E-state index is 0.118. The lowest BCUT2D eigenvalue weighted by Gasteiger charge is -2.34. The number of benzene rings is 1. The van der Waals surface area contributed by atoms with Crippen molar-refractivity contribution in [1.82, 2.24) is 14.9 Å². The van der Waals surface area contributed by atoms with Crippen LogP contribution in [-0.4, -0.2) is 46.9 Å². The lowest BCUT2D eigenvalue weighted by atomic mass is 10.1. The van der Waals surface area contributed by atoms with Crippen LogP contribution in [0.25, 0.3) is 0 Å². The van der Waals surface area contributed by atoms with Crippen LogP contribution >= 0.6 is 0 Å². The van der Waals surface area contributed by atoms with Gasteiger partial charge < -0.3 is 10.6 Å². The number of nitrogens with two attached hydrogens (primary N) is 1. The Morgan fingerprint density at radius 1 is 1.09 bits per heavy atom. The Labute approximate surface area is 130 Å². The van der Waals surface area contributed by atoms with Gasteiger partial charge in [0.2, 0.25) is 5.95 Å². The highest BCUT2D eigenvalue weighted by Crippen LogP contribution is 2.13. The number of hydrogen-bond donors (Lipinski definition) is 2. The molecule has 0 aliphatic carbocycles. The molecule has 6 heteroatoms. The molecule has 0 spiro atoms. The van der Waals surface area contributed by atoms with Crippen LogP contribution in [0.15, 0.2) is 42.7 Å². The Balaban J connectivity index is 1.58. The van der Waals surface area contributed by atoms with Gasteiger partial charge in [-0.1, -0.05) is 18.2 Å². The summed E-state index contributed by atoms with van der Waals surface area (Å²) >= 11 is 0. The first-order chi connectivity index (χ1) is 10.7. The largest absolute Gasteiger partial charge is 0.384 e. The van der Waals surface area contributed by atoms with E-state index in [1.807, 2.05) is 24.3 Å². The molecule has 1 aliphatic rings. The van der Waals surface area contributed by atoms with Gasteiger partial charge >= 0.3 is 0 Å². The van der Waals surface area contributed by atoms with Crippen LogP contribution in [0.5, 0.6) is 0 Å². The Morgan fingerprint density at radius 3 is 2.50 bits per heavy atom. The molecular weight excluding hydrogens is 276 g/mol. The van der Waals surface area contributed by atoms with Crippen molar-refractivity contribution in [3.63, 3.8) is 0 Å². The first kappa shape index (κ1) is 14.5. The van der Waals surface area contributed by atoms with Crippen molar-refractivity contribution < 1.29 is 0 Å². The first-order valence-electron chi connectivity index (χ1n) is 7.40. The summed E-state index contributed by atoms with van der Waals surface area (Å²) in [4.78, 5) is 13.2. The Morgan fingerprint density at radius 2 is 1.82 bits per heavy atom. The van der Waals surface area contributed by atoms with Crippen LogP contribution in [0, 0.1) is 5.41 Å². The minimum Gasteiger partial charge on any atom is -0.384 e. The molecular formula is C16H20N6. The molecule has 1 aliphatic heterocycles. The van der Waals surface area contributed by atoms with Gasteiger partial charge in [-0.25, -0.2) is 9.97 Å². The molecule has 1 saturated heterocycles. The molecule has 2 aromatic rings. The molecule has 0 amide bonds. The second-order valence-electron chi connectivity index (χ2n) is 5.43. The van der Waals surface area contributed by atoms with Crippen LogP contribution in [-0.2, 0) is 6.54 Å². The van der Waals surface area contributed by atoms with Crippen molar-refractivity contribution in [3.8, 4) is 0 Å². The summed E-state index contributed by atoms with van der Waals surface area (Å²) in [6.07, 6.45) is 3.56. The van der Waals surface area contributed by atoms with Gasteiger partial charge in [-0.2, -0.15) is 0 Å². The standard InChI is InChI=1S/C16H20N6/c17-15(18)14-4-1-3-13(11-14)12-21-7-9-22(10-8-21)16-19-5-2-6-20-16/h1-6,11H,7-10,12H2,(H3,17,18). The highest BCUT2D eigenvalue weighted by Gasteiger charge is 2.18. The third-order valence-corrected chi connectivity index (χ3v) is 3.85. The zero-order chi connectivity index (χ0) is 15.4. The molecule has 6 nitrogen and oxygen atoms in total. The van der Waals surface area contributed by atoms with E-state index in [-0.39, 0.29) is 5.84 Å². The van der Waals surface area contributed by atoms with Gasteiger partial charge in [-0.05, 0) is 17.7 Å². The first-order valence-corrected chi connectivity index (χ1v) is 7.40. The third kappa shape index (κ3) is 3.40. The molecule has 0 unspecified atom stereocenters. The van der Waals surface area contributed by atoms with Crippen molar-refractivity contribution in [2.75, 3.05) is 31.1 Å². The Bertz CT molecular complexity index is 634. The molecule has 0 bridgehead atoms. The van der Waals surface area contributed by atoms with Gasteiger partial charge in [0.1, 0.15) is 5.84 Å². The van der Waals surface area contributed by atoms with Gasteiger partial charge in [0, 0.05) is 50.7 Å². The molecule has 0 radical (unpaired) electrons. The quantitative estimate of drug-likeness (QED) is 0.652. The number of nitrogen functional groups attached to an aromatic ring is 1. The van der Waals surface area contributed by atoms with E-state index < -0.39 is 0 Å². The van der Waals surface area contributed by atoms with Crippen LogP contribution in [0.1, 0.15) is 11.1 Å². The maximum Gasteiger partial charge on any atom is 0.225 e. The minimum atomic E-state index is 0.118. The summed E-state index contributed by atoms with van der Waals surface area (Å²) in [5.74, 6) is 0.925. The van der Waals surface area contributed by atoms with Crippen LogP contribution in [0.2, 0.25) is 0 Å². The van der Waals surface area contributed by atoms with E-state index in [0.29, 0.717) is 0 Å². The molecule has 0 atom stereocenters. The van der Waals surface area contributed by atoms with Crippen LogP contribution < -0.4 is 10.6 Å². The van der Waals surface area contributed by atoms with E-state index in [4.69, 9.17) is 11.1 Å². The average molecular weight is 296 g/mol. The molecule has 0 saturated carbocycles. The van der Waals surface area contributed by atoms with Gasteiger partial charge in [0.05, 0.1) is 0 Å². The SMILES string of the molecule is N=C(N)c1cccc(CN2CCN(c3ncccn3)CC2)c1. The fraction of sp³-hybridized carbons (Fsp3) is 0.312. The molecule has 1 fully saturated rings. The summed E-state index contributed by atoms with van der Waals surface area (Å²) in [7, 11) is 0. The zero-order valence-electron chi connectivity index (χ0n) is 12.4. The van der Waals surface area contributed by atoms with Gasteiger partial charge in [0.25, 0.3) is 0 Å². The second-order valence-corrected chi connectivity index (χ2v) is 5.43. The average Bonchev–Trinajstić information content (AvgIpc) is 2.56. The van der Waals surface area contributed by atoms with Crippen LogP contribution in [0.4, 0.5) is 5.95 Å². The second kappa shape index (κ2) is 6.53.